The van der Waals surface area contributed by atoms with Crippen LogP contribution in [-0.2, 0) is 14.3 Å². The summed E-state index contributed by atoms with van der Waals surface area (Å²) in [5.41, 5.74) is 1.91. The number of esters is 1. The van der Waals surface area contributed by atoms with E-state index < -0.39 is 12.6 Å². The number of hydrogen-bond acceptors (Lipinski definition) is 5. The fourth-order valence-electron chi connectivity index (χ4n) is 4.51. The highest BCUT2D eigenvalue weighted by Crippen LogP contribution is 2.33. The SMILES string of the molecule is O=C(O)COc1cccc([C@@H](CC(=O)O[C@H]2CN3CCC2CC3)c2ccccc2)c1. The first-order chi connectivity index (χ1) is 14.6. The third-order valence-corrected chi connectivity index (χ3v) is 6.07. The third kappa shape index (κ3) is 5.00. The van der Waals surface area contributed by atoms with Crippen molar-refractivity contribution >= 4 is 11.9 Å². The molecule has 1 N–H and O–H groups in total. The summed E-state index contributed by atoms with van der Waals surface area (Å²) < 4.78 is 11.3. The van der Waals surface area contributed by atoms with E-state index in [4.69, 9.17) is 14.6 Å². The molecule has 0 aromatic heterocycles. The van der Waals surface area contributed by atoms with Crippen LogP contribution < -0.4 is 4.74 Å². The van der Waals surface area contributed by atoms with Gasteiger partial charge >= 0.3 is 11.9 Å². The molecule has 0 amide bonds. The van der Waals surface area contributed by atoms with Gasteiger partial charge in [-0.05, 0) is 55.1 Å². The van der Waals surface area contributed by atoms with Gasteiger partial charge in [0.05, 0.1) is 6.42 Å². The minimum absolute atomic E-state index is 0.0124. The summed E-state index contributed by atoms with van der Waals surface area (Å²) in [6.07, 6.45) is 2.42. The van der Waals surface area contributed by atoms with Crippen molar-refractivity contribution in [2.24, 2.45) is 5.92 Å². The molecule has 0 radical (unpaired) electrons. The van der Waals surface area contributed by atoms with Crippen molar-refractivity contribution in [3.05, 3.63) is 65.7 Å². The van der Waals surface area contributed by atoms with Gasteiger partial charge in [0.2, 0.25) is 0 Å². The number of benzene rings is 2. The molecular formula is C24H27NO5. The first-order valence-electron chi connectivity index (χ1n) is 10.5. The number of carbonyl (C=O) groups excluding carboxylic acids is 1. The lowest BCUT2D eigenvalue weighted by Crippen LogP contribution is -2.52. The van der Waals surface area contributed by atoms with E-state index in [-0.39, 0.29) is 24.4 Å². The molecule has 0 aliphatic carbocycles. The largest absolute Gasteiger partial charge is 0.482 e. The first kappa shape index (κ1) is 20.4. The summed E-state index contributed by atoms with van der Waals surface area (Å²) in [4.78, 5) is 26.1. The molecule has 3 heterocycles. The molecule has 6 heteroatoms. The van der Waals surface area contributed by atoms with E-state index in [2.05, 4.69) is 4.90 Å². The van der Waals surface area contributed by atoms with E-state index in [1.54, 1.807) is 6.07 Å². The average molecular weight is 409 g/mol. The van der Waals surface area contributed by atoms with Gasteiger partial charge in [-0.2, -0.15) is 0 Å². The Morgan fingerprint density at radius 2 is 1.77 bits per heavy atom. The van der Waals surface area contributed by atoms with Crippen LogP contribution in [0.3, 0.4) is 0 Å². The summed E-state index contributed by atoms with van der Waals surface area (Å²) in [5.74, 6) is -0.461. The molecule has 3 fully saturated rings. The Labute approximate surface area is 176 Å². The van der Waals surface area contributed by atoms with Gasteiger partial charge in [0.25, 0.3) is 0 Å². The second-order valence-electron chi connectivity index (χ2n) is 8.09. The van der Waals surface area contributed by atoms with Crippen LogP contribution in [0.1, 0.15) is 36.3 Å². The highest BCUT2D eigenvalue weighted by atomic mass is 16.5. The summed E-state index contributed by atoms with van der Waals surface area (Å²) in [6, 6.07) is 17.1. The maximum atomic E-state index is 12.9. The minimum Gasteiger partial charge on any atom is -0.482 e. The van der Waals surface area contributed by atoms with Crippen LogP contribution in [0.4, 0.5) is 0 Å². The topological polar surface area (TPSA) is 76.1 Å². The normalized spacial score (nSPS) is 23.5. The number of carboxylic acid groups (broad SMARTS) is 1. The first-order valence-corrected chi connectivity index (χ1v) is 10.5. The molecule has 158 valence electrons. The van der Waals surface area contributed by atoms with E-state index in [9.17, 15) is 9.59 Å². The lowest BCUT2D eigenvalue weighted by molar-refractivity contribution is -0.159. The van der Waals surface area contributed by atoms with Crippen molar-refractivity contribution in [1.29, 1.82) is 0 Å². The highest BCUT2D eigenvalue weighted by molar-refractivity contribution is 5.72. The number of fused-ring (bicyclic) bond motifs is 3. The van der Waals surface area contributed by atoms with Crippen LogP contribution in [0.25, 0.3) is 0 Å². The van der Waals surface area contributed by atoms with Gasteiger partial charge in [0.1, 0.15) is 11.9 Å². The Balaban J connectivity index is 1.50. The van der Waals surface area contributed by atoms with E-state index >= 15 is 0 Å². The molecule has 30 heavy (non-hydrogen) atoms. The maximum absolute atomic E-state index is 12.9. The van der Waals surface area contributed by atoms with Crippen LogP contribution in [0.2, 0.25) is 0 Å². The van der Waals surface area contributed by atoms with Gasteiger partial charge < -0.3 is 14.6 Å². The van der Waals surface area contributed by atoms with Gasteiger partial charge in [-0.25, -0.2) is 4.79 Å². The predicted octanol–water partition coefficient (Wildman–Crippen LogP) is 3.31. The van der Waals surface area contributed by atoms with E-state index in [0.717, 1.165) is 43.6 Å². The zero-order chi connectivity index (χ0) is 20.9. The quantitative estimate of drug-likeness (QED) is 0.674. The molecule has 2 bridgehead atoms. The van der Waals surface area contributed by atoms with E-state index in [0.29, 0.717) is 11.7 Å². The monoisotopic (exact) mass is 409 g/mol. The molecule has 0 spiro atoms. The standard InChI is InChI=1S/C24H27NO5/c26-23(27)16-29-20-8-4-7-19(13-20)21(17-5-2-1-3-6-17)14-24(28)30-22-15-25-11-9-18(22)10-12-25/h1-8,13,18,21-22H,9-12,14-16H2,(H,26,27)/t21-,22-/m0/s1. The van der Waals surface area contributed by atoms with Crippen molar-refractivity contribution in [3.8, 4) is 5.75 Å². The maximum Gasteiger partial charge on any atom is 0.341 e. The van der Waals surface area contributed by atoms with Crippen LogP contribution in [0.5, 0.6) is 5.75 Å². The molecule has 2 aromatic rings. The number of rotatable bonds is 8. The Morgan fingerprint density at radius 1 is 1.03 bits per heavy atom. The molecule has 5 rings (SSSR count). The Hall–Kier alpha value is -2.86. The fraction of sp³-hybridized carbons (Fsp3) is 0.417. The number of nitrogens with zero attached hydrogens (tertiary/aromatic N) is 1. The van der Waals surface area contributed by atoms with Crippen LogP contribution in [0, 0.1) is 5.92 Å². The summed E-state index contributed by atoms with van der Waals surface area (Å²) in [5, 5.41) is 8.86. The fourth-order valence-corrected chi connectivity index (χ4v) is 4.51. The zero-order valence-corrected chi connectivity index (χ0v) is 16.9. The highest BCUT2D eigenvalue weighted by Gasteiger charge is 2.36. The van der Waals surface area contributed by atoms with Crippen molar-refractivity contribution in [2.75, 3.05) is 26.2 Å². The van der Waals surface area contributed by atoms with Gasteiger partial charge in [-0.1, -0.05) is 42.5 Å². The molecular weight excluding hydrogens is 382 g/mol. The number of hydrogen-bond donors (Lipinski definition) is 1. The number of aliphatic carboxylic acids is 1. The number of ether oxygens (including phenoxy) is 2. The second-order valence-corrected chi connectivity index (χ2v) is 8.09. The van der Waals surface area contributed by atoms with E-state index in [1.807, 2.05) is 48.5 Å². The molecule has 3 aliphatic heterocycles. The Bertz CT molecular complexity index is 876. The lowest BCUT2D eigenvalue weighted by Gasteiger charge is -2.44. The van der Waals surface area contributed by atoms with Crippen molar-refractivity contribution < 1.29 is 24.2 Å². The molecule has 0 unspecified atom stereocenters. The number of carboxylic acids is 1. The van der Waals surface area contributed by atoms with Crippen LogP contribution in [0.15, 0.2) is 54.6 Å². The third-order valence-electron chi connectivity index (χ3n) is 6.07. The summed E-state index contributed by atoms with van der Waals surface area (Å²) in [7, 11) is 0. The van der Waals surface area contributed by atoms with Crippen molar-refractivity contribution in [2.45, 2.75) is 31.3 Å². The second kappa shape index (κ2) is 9.30. The number of piperidine rings is 3. The van der Waals surface area contributed by atoms with Crippen molar-refractivity contribution in [1.82, 2.24) is 4.90 Å². The van der Waals surface area contributed by atoms with Crippen molar-refractivity contribution in [3.63, 3.8) is 0 Å². The summed E-state index contributed by atoms with van der Waals surface area (Å²) >= 11 is 0. The molecule has 2 aromatic carbocycles. The van der Waals surface area contributed by atoms with E-state index in [1.165, 1.54) is 0 Å². The predicted molar refractivity (Wildman–Crippen MR) is 112 cm³/mol. The number of carbonyl (C=O) groups is 2. The van der Waals surface area contributed by atoms with Gasteiger partial charge in [-0.3, -0.25) is 9.69 Å². The lowest BCUT2D eigenvalue weighted by atomic mass is 9.85. The molecule has 2 atom stereocenters. The average Bonchev–Trinajstić information content (AvgIpc) is 2.78. The van der Waals surface area contributed by atoms with Crippen LogP contribution in [-0.4, -0.2) is 54.3 Å². The molecule has 0 saturated carbocycles. The van der Waals surface area contributed by atoms with Gasteiger partial charge in [0.15, 0.2) is 6.61 Å². The Morgan fingerprint density at radius 3 is 2.43 bits per heavy atom. The summed E-state index contributed by atoms with van der Waals surface area (Å²) in [6.45, 7) is 2.65. The zero-order valence-electron chi connectivity index (χ0n) is 16.9. The molecule has 3 aliphatic rings. The van der Waals surface area contributed by atoms with Gasteiger partial charge in [-0.15, -0.1) is 0 Å². The van der Waals surface area contributed by atoms with Crippen LogP contribution >= 0.6 is 0 Å². The molecule has 3 saturated heterocycles. The van der Waals surface area contributed by atoms with Gasteiger partial charge in [0, 0.05) is 12.5 Å². The molecule has 6 nitrogen and oxygen atoms in total. The minimum atomic E-state index is -1.03. The smallest absolute Gasteiger partial charge is 0.341 e. The Kier molecular flexibility index (Phi) is 6.33.